The average molecular weight is 399 g/mol. The van der Waals surface area contributed by atoms with Gasteiger partial charge in [0.1, 0.15) is 17.9 Å². The van der Waals surface area contributed by atoms with Crippen LogP contribution in [0.25, 0.3) is 0 Å². The molecule has 0 saturated carbocycles. The standard InChI is InChI=1S/C22H26FN3O3/c1-15(27)25-20(14-17-11-5-6-12-18(17)23)22(29)26-19(21(24)28)13-7-10-16-8-3-2-4-9-16/h2-6,8-9,11-12,19-20H,7,10,13-14H2,1H3,(H2,24,28)(H,25,27)(H,26,29)/t19-,20-/m1/s1. The maximum Gasteiger partial charge on any atom is 0.243 e. The lowest BCUT2D eigenvalue weighted by Gasteiger charge is -2.22. The van der Waals surface area contributed by atoms with Crippen LogP contribution >= 0.6 is 0 Å². The first-order chi connectivity index (χ1) is 13.9. The van der Waals surface area contributed by atoms with Gasteiger partial charge in [-0.05, 0) is 36.5 Å². The molecule has 0 unspecified atom stereocenters. The average Bonchev–Trinajstić information content (AvgIpc) is 2.68. The number of nitrogens with one attached hydrogen (secondary N) is 2. The minimum absolute atomic E-state index is 0.0341. The van der Waals surface area contributed by atoms with E-state index in [1.807, 2.05) is 30.3 Å². The maximum atomic E-state index is 14.0. The molecule has 4 N–H and O–H groups in total. The van der Waals surface area contributed by atoms with Gasteiger partial charge in [0.25, 0.3) is 0 Å². The van der Waals surface area contributed by atoms with E-state index in [0.29, 0.717) is 18.4 Å². The largest absolute Gasteiger partial charge is 0.368 e. The third-order valence-electron chi connectivity index (χ3n) is 4.54. The van der Waals surface area contributed by atoms with E-state index in [-0.39, 0.29) is 6.42 Å². The Balaban J connectivity index is 2.00. The molecule has 0 bridgehead atoms. The highest BCUT2D eigenvalue weighted by Crippen LogP contribution is 2.11. The first-order valence-corrected chi connectivity index (χ1v) is 9.51. The van der Waals surface area contributed by atoms with Gasteiger partial charge in [-0.15, -0.1) is 0 Å². The molecule has 7 heteroatoms. The Kier molecular flexibility index (Phi) is 8.33. The lowest BCUT2D eigenvalue weighted by Crippen LogP contribution is -2.53. The van der Waals surface area contributed by atoms with Gasteiger partial charge >= 0.3 is 0 Å². The Morgan fingerprint density at radius 3 is 2.24 bits per heavy atom. The molecular formula is C22H26FN3O3. The molecule has 0 aliphatic carbocycles. The summed E-state index contributed by atoms with van der Waals surface area (Å²) in [6, 6.07) is 13.9. The summed E-state index contributed by atoms with van der Waals surface area (Å²) in [7, 11) is 0. The van der Waals surface area contributed by atoms with Crippen molar-refractivity contribution in [3.05, 3.63) is 71.5 Å². The molecule has 0 fully saturated rings. The van der Waals surface area contributed by atoms with E-state index in [2.05, 4.69) is 10.6 Å². The van der Waals surface area contributed by atoms with Crippen molar-refractivity contribution in [2.24, 2.45) is 5.73 Å². The van der Waals surface area contributed by atoms with E-state index in [0.717, 1.165) is 12.0 Å². The molecule has 2 aromatic carbocycles. The number of aryl methyl sites for hydroxylation is 1. The summed E-state index contributed by atoms with van der Waals surface area (Å²) in [5.41, 5.74) is 6.86. The van der Waals surface area contributed by atoms with E-state index in [1.54, 1.807) is 18.2 Å². The Labute approximate surface area is 169 Å². The predicted octanol–water partition coefficient (Wildman–Crippen LogP) is 1.87. The van der Waals surface area contributed by atoms with Gasteiger partial charge in [0.2, 0.25) is 17.7 Å². The molecule has 2 aromatic rings. The SMILES string of the molecule is CC(=O)N[C@H](Cc1ccccc1F)C(=O)N[C@H](CCCc1ccccc1)C(N)=O. The van der Waals surface area contributed by atoms with Crippen molar-refractivity contribution in [1.82, 2.24) is 10.6 Å². The quantitative estimate of drug-likeness (QED) is 0.568. The molecule has 0 aliphatic heterocycles. The summed E-state index contributed by atoms with van der Waals surface area (Å²) < 4.78 is 14.0. The first-order valence-electron chi connectivity index (χ1n) is 9.51. The lowest BCUT2D eigenvalue weighted by molar-refractivity contribution is -0.130. The lowest BCUT2D eigenvalue weighted by atomic mass is 10.0. The summed E-state index contributed by atoms with van der Waals surface area (Å²) in [5, 5.41) is 5.11. The van der Waals surface area contributed by atoms with Gasteiger partial charge in [0.05, 0.1) is 0 Å². The molecule has 0 saturated heterocycles. The number of carbonyl (C=O) groups excluding carboxylic acids is 3. The third-order valence-corrected chi connectivity index (χ3v) is 4.54. The molecular weight excluding hydrogens is 373 g/mol. The van der Waals surface area contributed by atoms with Crippen LogP contribution in [0.4, 0.5) is 4.39 Å². The molecule has 0 radical (unpaired) electrons. The first kappa shape index (κ1) is 22.1. The van der Waals surface area contributed by atoms with Crippen LogP contribution in [0.15, 0.2) is 54.6 Å². The number of benzene rings is 2. The van der Waals surface area contributed by atoms with Crippen molar-refractivity contribution in [2.45, 2.75) is 44.7 Å². The second kappa shape index (κ2) is 10.9. The Bertz CT molecular complexity index is 842. The molecule has 29 heavy (non-hydrogen) atoms. The van der Waals surface area contributed by atoms with Crippen LogP contribution in [-0.2, 0) is 27.2 Å². The zero-order valence-corrected chi connectivity index (χ0v) is 16.4. The topological polar surface area (TPSA) is 101 Å². The summed E-state index contributed by atoms with van der Waals surface area (Å²) in [6.45, 7) is 1.27. The molecule has 0 aromatic heterocycles. The van der Waals surface area contributed by atoms with Gasteiger partial charge in [-0.3, -0.25) is 14.4 Å². The van der Waals surface area contributed by atoms with Crippen molar-refractivity contribution in [1.29, 1.82) is 0 Å². The highest BCUT2D eigenvalue weighted by atomic mass is 19.1. The van der Waals surface area contributed by atoms with Crippen molar-refractivity contribution in [3.8, 4) is 0 Å². The Hall–Kier alpha value is -3.22. The van der Waals surface area contributed by atoms with E-state index in [4.69, 9.17) is 5.73 Å². The zero-order valence-electron chi connectivity index (χ0n) is 16.4. The van der Waals surface area contributed by atoms with Crippen molar-refractivity contribution in [2.75, 3.05) is 0 Å². The number of rotatable bonds is 10. The molecule has 2 rings (SSSR count). The number of carbonyl (C=O) groups is 3. The van der Waals surface area contributed by atoms with Crippen LogP contribution in [0.2, 0.25) is 0 Å². The van der Waals surface area contributed by atoms with Gasteiger partial charge in [0.15, 0.2) is 0 Å². The van der Waals surface area contributed by atoms with E-state index < -0.39 is 35.6 Å². The van der Waals surface area contributed by atoms with E-state index >= 15 is 0 Å². The number of nitrogens with two attached hydrogens (primary N) is 1. The number of halogens is 1. The normalized spacial score (nSPS) is 12.6. The van der Waals surface area contributed by atoms with Gasteiger partial charge in [0, 0.05) is 13.3 Å². The molecule has 0 spiro atoms. The summed E-state index contributed by atoms with van der Waals surface area (Å²) in [6.07, 6.45) is 1.72. The molecule has 3 amide bonds. The molecule has 6 nitrogen and oxygen atoms in total. The van der Waals surface area contributed by atoms with Crippen molar-refractivity contribution in [3.63, 3.8) is 0 Å². The molecule has 0 heterocycles. The monoisotopic (exact) mass is 399 g/mol. The highest BCUT2D eigenvalue weighted by molar-refractivity contribution is 5.91. The summed E-state index contributed by atoms with van der Waals surface area (Å²) >= 11 is 0. The fraction of sp³-hybridized carbons (Fsp3) is 0.318. The van der Waals surface area contributed by atoms with Crippen LogP contribution in [0.5, 0.6) is 0 Å². The number of amides is 3. The van der Waals surface area contributed by atoms with Crippen LogP contribution in [0.1, 0.15) is 30.9 Å². The van der Waals surface area contributed by atoms with E-state index in [9.17, 15) is 18.8 Å². The summed E-state index contributed by atoms with van der Waals surface area (Å²) in [5.74, 6) is -2.13. The number of hydrogen-bond donors (Lipinski definition) is 3. The molecule has 154 valence electrons. The minimum atomic E-state index is -1.01. The van der Waals surface area contributed by atoms with Crippen LogP contribution in [0.3, 0.4) is 0 Å². The Morgan fingerprint density at radius 1 is 0.966 bits per heavy atom. The Morgan fingerprint density at radius 2 is 1.62 bits per heavy atom. The second-order valence-corrected chi connectivity index (χ2v) is 6.89. The van der Waals surface area contributed by atoms with E-state index in [1.165, 1.54) is 13.0 Å². The van der Waals surface area contributed by atoms with Gasteiger partial charge in [-0.1, -0.05) is 48.5 Å². The maximum absolute atomic E-state index is 14.0. The van der Waals surface area contributed by atoms with Crippen LogP contribution in [0, 0.1) is 5.82 Å². The minimum Gasteiger partial charge on any atom is -0.368 e. The zero-order chi connectivity index (χ0) is 21.2. The molecule has 2 atom stereocenters. The van der Waals surface area contributed by atoms with Crippen LogP contribution in [-0.4, -0.2) is 29.8 Å². The van der Waals surface area contributed by atoms with Crippen molar-refractivity contribution >= 4 is 17.7 Å². The van der Waals surface area contributed by atoms with Crippen LogP contribution < -0.4 is 16.4 Å². The molecule has 0 aliphatic rings. The fourth-order valence-corrected chi connectivity index (χ4v) is 3.05. The predicted molar refractivity (Wildman–Crippen MR) is 108 cm³/mol. The summed E-state index contributed by atoms with van der Waals surface area (Å²) in [4.78, 5) is 36.0. The van der Waals surface area contributed by atoms with Gasteiger partial charge in [-0.2, -0.15) is 0 Å². The van der Waals surface area contributed by atoms with Crippen molar-refractivity contribution < 1.29 is 18.8 Å². The highest BCUT2D eigenvalue weighted by Gasteiger charge is 2.25. The fourth-order valence-electron chi connectivity index (χ4n) is 3.05. The number of primary amides is 1. The van der Waals surface area contributed by atoms with Gasteiger partial charge in [-0.25, -0.2) is 4.39 Å². The van der Waals surface area contributed by atoms with Gasteiger partial charge < -0.3 is 16.4 Å². The number of hydrogen-bond acceptors (Lipinski definition) is 3. The smallest absolute Gasteiger partial charge is 0.243 e. The second-order valence-electron chi connectivity index (χ2n) is 6.89. The third kappa shape index (κ3) is 7.37.